The molecular formula is C15H20Cl2N4O. The maximum Gasteiger partial charge on any atom is 0.224 e. The van der Waals surface area contributed by atoms with Gasteiger partial charge in [-0.2, -0.15) is 5.10 Å². The Hall–Kier alpha value is -1.56. The molecule has 0 saturated carbocycles. The van der Waals surface area contributed by atoms with Crippen LogP contribution in [0, 0.1) is 13.8 Å². The average Bonchev–Trinajstić information content (AvgIpc) is 2.74. The number of aryl methyl sites for hydroxylation is 1. The van der Waals surface area contributed by atoms with Crippen LogP contribution in [0.3, 0.4) is 0 Å². The Morgan fingerprint density at radius 1 is 1.32 bits per heavy atom. The number of nitrogens with one attached hydrogen (secondary N) is 1. The zero-order valence-electron chi connectivity index (χ0n) is 12.6. The highest BCUT2D eigenvalue weighted by Crippen LogP contribution is 2.20. The van der Waals surface area contributed by atoms with Crippen molar-refractivity contribution in [1.29, 1.82) is 0 Å². The highest BCUT2D eigenvalue weighted by atomic mass is 35.5. The molecule has 0 fully saturated rings. The number of carbonyl (C=O) groups is 1. The van der Waals surface area contributed by atoms with Crippen molar-refractivity contribution in [2.24, 2.45) is 5.73 Å². The van der Waals surface area contributed by atoms with Gasteiger partial charge in [-0.05, 0) is 38.1 Å². The lowest BCUT2D eigenvalue weighted by Crippen LogP contribution is -2.30. The molecule has 1 heterocycles. The van der Waals surface area contributed by atoms with Crippen LogP contribution < -0.4 is 11.1 Å². The molecule has 0 aliphatic carbocycles. The van der Waals surface area contributed by atoms with Gasteiger partial charge in [0.05, 0.1) is 17.8 Å². The number of benzene rings is 1. The molecular weight excluding hydrogens is 323 g/mol. The van der Waals surface area contributed by atoms with E-state index in [-0.39, 0.29) is 18.3 Å². The molecule has 22 heavy (non-hydrogen) atoms. The highest BCUT2D eigenvalue weighted by Gasteiger charge is 2.15. The summed E-state index contributed by atoms with van der Waals surface area (Å²) in [5.41, 5.74) is 9.06. The number of hydrogen-bond acceptors (Lipinski definition) is 3. The van der Waals surface area contributed by atoms with Gasteiger partial charge in [-0.15, -0.1) is 12.4 Å². The quantitative estimate of drug-likeness (QED) is 0.874. The number of nitrogens with two attached hydrogens (primary N) is 1. The summed E-state index contributed by atoms with van der Waals surface area (Å²) in [5, 5.41) is 7.97. The van der Waals surface area contributed by atoms with E-state index in [1.807, 2.05) is 42.8 Å². The molecule has 1 aromatic heterocycles. The van der Waals surface area contributed by atoms with Crippen LogP contribution in [0.15, 0.2) is 24.3 Å². The SMILES string of the molecule is Cc1nn(-c2ccc(Cl)cc2)c(C)c1CC(=O)NCCN.Cl. The van der Waals surface area contributed by atoms with Crippen LogP contribution in [0.4, 0.5) is 0 Å². The predicted molar refractivity (Wildman–Crippen MR) is 91.1 cm³/mol. The Labute approximate surface area is 141 Å². The standard InChI is InChI=1S/C15H19ClN4O.ClH/c1-10-14(9-15(21)18-8-7-17)11(2)20(19-10)13-5-3-12(16)4-6-13;/h3-6H,7-9,17H2,1-2H3,(H,18,21);1H. The van der Waals surface area contributed by atoms with Crippen molar-refractivity contribution in [1.82, 2.24) is 15.1 Å². The van der Waals surface area contributed by atoms with Crippen LogP contribution in [0.25, 0.3) is 5.69 Å². The summed E-state index contributed by atoms with van der Waals surface area (Å²) in [6, 6.07) is 7.45. The van der Waals surface area contributed by atoms with Crippen LogP contribution >= 0.6 is 24.0 Å². The van der Waals surface area contributed by atoms with Gasteiger partial charge >= 0.3 is 0 Å². The number of amides is 1. The molecule has 2 rings (SSSR count). The van der Waals surface area contributed by atoms with E-state index >= 15 is 0 Å². The van der Waals surface area contributed by atoms with Gasteiger partial charge in [-0.25, -0.2) is 4.68 Å². The number of carbonyl (C=O) groups excluding carboxylic acids is 1. The van der Waals surface area contributed by atoms with Crippen molar-refractivity contribution < 1.29 is 4.79 Å². The van der Waals surface area contributed by atoms with Gasteiger partial charge in [0, 0.05) is 29.4 Å². The monoisotopic (exact) mass is 342 g/mol. The fourth-order valence-electron chi connectivity index (χ4n) is 2.20. The first kappa shape index (κ1) is 18.5. The van der Waals surface area contributed by atoms with Crippen LogP contribution in [-0.4, -0.2) is 28.8 Å². The van der Waals surface area contributed by atoms with Crippen molar-refractivity contribution >= 4 is 29.9 Å². The maximum absolute atomic E-state index is 11.8. The Morgan fingerprint density at radius 3 is 2.55 bits per heavy atom. The lowest BCUT2D eigenvalue weighted by molar-refractivity contribution is -0.120. The number of rotatable bonds is 5. The predicted octanol–water partition coefficient (Wildman–Crippen LogP) is 2.18. The normalized spacial score (nSPS) is 10.2. The van der Waals surface area contributed by atoms with Crippen LogP contribution in [0.2, 0.25) is 5.02 Å². The second kappa shape index (κ2) is 8.17. The lowest BCUT2D eigenvalue weighted by Gasteiger charge is -2.06. The summed E-state index contributed by atoms with van der Waals surface area (Å²) >= 11 is 5.90. The summed E-state index contributed by atoms with van der Waals surface area (Å²) in [6.07, 6.45) is 0.311. The van der Waals surface area contributed by atoms with Crippen molar-refractivity contribution in [2.45, 2.75) is 20.3 Å². The van der Waals surface area contributed by atoms with E-state index in [0.29, 0.717) is 24.5 Å². The fraction of sp³-hybridized carbons (Fsp3) is 0.333. The first-order valence-electron chi connectivity index (χ1n) is 6.80. The Balaban J connectivity index is 0.00000242. The molecule has 0 saturated heterocycles. The molecule has 0 aliphatic rings. The molecule has 3 N–H and O–H groups in total. The second-order valence-electron chi connectivity index (χ2n) is 4.85. The van der Waals surface area contributed by atoms with Gasteiger partial charge in [0.1, 0.15) is 0 Å². The molecule has 0 aliphatic heterocycles. The second-order valence-corrected chi connectivity index (χ2v) is 5.29. The minimum Gasteiger partial charge on any atom is -0.355 e. The highest BCUT2D eigenvalue weighted by molar-refractivity contribution is 6.30. The third-order valence-corrected chi connectivity index (χ3v) is 3.57. The average molecular weight is 343 g/mol. The summed E-state index contributed by atoms with van der Waals surface area (Å²) in [5.74, 6) is -0.0395. The van der Waals surface area contributed by atoms with E-state index in [4.69, 9.17) is 17.3 Å². The minimum atomic E-state index is -0.0395. The Morgan fingerprint density at radius 2 is 1.95 bits per heavy atom. The van der Waals surface area contributed by atoms with Crippen LogP contribution in [-0.2, 0) is 11.2 Å². The van der Waals surface area contributed by atoms with E-state index in [1.165, 1.54) is 0 Å². The first-order valence-corrected chi connectivity index (χ1v) is 7.18. The smallest absolute Gasteiger partial charge is 0.224 e. The first-order chi connectivity index (χ1) is 10.0. The van der Waals surface area contributed by atoms with E-state index in [0.717, 1.165) is 22.6 Å². The largest absolute Gasteiger partial charge is 0.355 e. The van der Waals surface area contributed by atoms with Crippen molar-refractivity contribution in [3.05, 3.63) is 46.2 Å². The third-order valence-electron chi connectivity index (χ3n) is 3.32. The van der Waals surface area contributed by atoms with Gasteiger partial charge in [0.2, 0.25) is 5.91 Å². The summed E-state index contributed by atoms with van der Waals surface area (Å²) in [4.78, 5) is 11.8. The number of halogens is 2. The number of nitrogens with zero attached hydrogens (tertiary/aromatic N) is 2. The molecule has 5 nitrogen and oxygen atoms in total. The fourth-order valence-corrected chi connectivity index (χ4v) is 2.33. The van der Waals surface area contributed by atoms with E-state index in [9.17, 15) is 4.79 Å². The van der Waals surface area contributed by atoms with E-state index in [2.05, 4.69) is 10.4 Å². The van der Waals surface area contributed by atoms with Crippen molar-refractivity contribution in [3.63, 3.8) is 0 Å². The van der Waals surface area contributed by atoms with Crippen molar-refractivity contribution in [2.75, 3.05) is 13.1 Å². The molecule has 0 bridgehead atoms. The molecule has 7 heteroatoms. The zero-order chi connectivity index (χ0) is 15.4. The summed E-state index contributed by atoms with van der Waals surface area (Å²) in [6.45, 7) is 4.79. The molecule has 1 amide bonds. The molecule has 0 radical (unpaired) electrons. The lowest BCUT2D eigenvalue weighted by atomic mass is 10.1. The maximum atomic E-state index is 11.8. The van der Waals surface area contributed by atoms with Gasteiger partial charge in [-0.3, -0.25) is 4.79 Å². The number of hydrogen-bond donors (Lipinski definition) is 2. The summed E-state index contributed by atoms with van der Waals surface area (Å²) < 4.78 is 1.83. The third kappa shape index (κ3) is 4.22. The Bertz CT molecular complexity index is 638. The molecule has 120 valence electrons. The molecule has 1 aromatic carbocycles. The molecule has 2 aromatic rings. The van der Waals surface area contributed by atoms with Crippen LogP contribution in [0.1, 0.15) is 17.0 Å². The molecule has 0 spiro atoms. The summed E-state index contributed by atoms with van der Waals surface area (Å²) in [7, 11) is 0. The zero-order valence-corrected chi connectivity index (χ0v) is 14.2. The Kier molecular flexibility index (Phi) is 6.87. The van der Waals surface area contributed by atoms with E-state index < -0.39 is 0 Å². The van der Waals surface area contributed by atoms with E-state index in [1.54, 1.807) is 0 Å². The molecule has 0 atom stereocenters. The topological polar surface area (TPSA) is 72.9 Å². The van der Waals surface area contributed by atoms with Gasteiger partial charge in [0.25, 0.3) is 0 Å². The number of aromatic nitrogens is 2. The molecule has 0 unspecified atom stereocenters. The van der Waals surface area contributed by atoms with Gasteiger partial charge < -0.3 is 11.1 Å². The van der Waals surface area contributed by atoms with Crippen LogP contribution in [0.5, 0.6) is 0 Å². The van der Waals surface area contributed by atoms with Gasteiger partial charge in [0.15, 0.2) is 0 Å². The minimum absolute atomic E-state index is 0. The van der Waals surface area contributed by atoms with Gasteiger partial charge in [-0.1, -0.05) is 11.6 Å². The van der Waals surface area contributed by atoms with Crippen molar-refractivity contribution in [3.8, 4) is 5.69 Å².